The number of sulfone groups is 1. The van der Waals surface area contributed by atoms with Crippen LogP contribution in [0.1, 0.15) is 23.0 Å². The summed E-state index contributed by atoms with van der Waals surface area (Å²) in [4.78, 5) is 0.302. The summed E-state index contributed by atoms with van der Waals surface area (Å²) < 4.78 is 25.7. The average Bonchev–Trinajstić information content (AvgIpc) is 2.64. The summed E-state index contributed by atoms with van der Waals surface area (Å²) in [5.74, 6) is 0. The van der Waals surface area contributed by atoms with E-state index in [0.29, 0.717) is 11.3 Å². The minimum Gasteiger partial charge on any atom is -0.324 e. The second-order valence-corrected chi connectivity index (χ2v) is 7.93. The molecule has 0 amide bonds. The van der Waals surface area contributed by atoms with Crippen LogP contribution in [0, 0.1) is 6.92 Å². The van der Waals surface area contributed by atoms with E-state index in [-0.39, 0.29) is 6.04 Å². The molecule has 1 heterocycles. The van der Waals surface area contributed by atoms with Crippen molar-refractivity contribution in [3.8, 4) is 0 Å². The molecule has 1 atom stereocenters. The molecule has 0 aliphatic heterocycles. The smallest absolute Gasteiger partial charge is 0.175 e. The Morgan fingerprint density at radius 1 is 1.33 bits per heavy atom. The van der Waals surface area contributed by atoms with E-state index < -0.39 is 9.84 Å². The summed E-state index contributed by atoms with van der Waals surface area (Å²) in [6.07, 6.45) is 1.81. The van der Waals surface area contributed by atoms with E-state index in [4.69, 9.17) is 5.73 Å². The molecule has 1 aromatic heterocycles. The summed E-state index contributed by atoms with van der Waals surface area (Å²) in [5, 5.41) is 4.34. The molecule has 0 radical (unpaired) electrons. The Morgan fingerprint density at radius 3 is 2.33 bits per heavy atom. The third-order valence-corrected chi connectivity index (χ3v) is 5.57. The van der Waals surface area contributed by atoms with E-state index in [2.05, 4.69) is 21.0 Å². The minimum absolute atomic E-state index is 0.218. The second kappa shape index (κ2) is 5.90. The van der Waals surface area contributed by atoms with Gasteiger partial charge in [-0.1, -0.05) is 12.1 Å². The number of benzene rings is 1. The van der Waals surface area contributed by atoms with E-state index in [0.717, 1.165) is 21.4 Å². The van der Waals surface area contributed by atoms with Gasteiger partial charge in [0.2, 0.25) is 0 Å². The Hall–Kier alpha value is -1.18. The van der Waals surface area contributed by atoms with Crippen LogP contribution >= 0.6 is 15.9 Å². The van der Waals surface area contributed by atoms with Crippen LogP contribution < -0.4 is 5.73 Å². The van der Waals surface area contributed by atoms with Gasteiger partial charge < -0.3 is 5.73 Å². The van der Waals surface area contributed by atoms with E-state index in [1.54, 1.807) is 24.3 Å². The summed E-state index contributed by atoms with van der Waals surface area (Å²) in [6, 6.07) is 6.49. The Morgan fingerprint density at radius 2 is 1.90 bits per heavy atom. The first kappa shape index (κ1) is 16.2. The topological polar surface area (TPSA) is 78.0 Å². The van der Waals surface area contributed by atoms with Gasteiger partial charge in [0, 0.05) is 25.8 Å². The Bertz CT molecular complexity index is 751. The zero-order valence-corrected chi connectivity index (χ0v) is 14.6. The number of nitrogens with zero attached hydrogens (tertiary/aromatic N) is 2. The zero-order chi connectivity index (χ0) is 15.8. The van der Waals surface area contributed by atoms with Gasteiger partial charge in [-0.05, 0) is 40.5 Å². The molecule has 2 N–H and O–H groups in total. The van der Waals surface area contributed by atoms with Gasteiger partial charge in [0.25, 0.3) is 0 Å². The van der Waals surface area contributed by atoms with Crippen molar-refractivity contribution in [3.63, 3.8) is 0 Å². The first-order valence-corrected chi connectivity index (χ1v) is 9.12. The van der Waals surface area contributed by atoms with Crippen LogP contribution in [0.3, 0.4) is 0 Å². The quantitative estimate of drug-likeness (QED) is 0.892. The largest absolute Gasteiger partial charge is 0.324 e. The summed E-state index contributed by atoms with van der Waals surface area (Å²) in [6.45, 7) is 1.93. The fourth-order valence-corrected chi connectivity index (χ4v) is 3.32. The summed E-state index contributed by atoms with van der Waals surface area (Å²) in [5.41, 5.74) is 9.06. The molecule has 0 fully saturated rings. The molecule has 0 saturated carbocycles. The molecule has 2 aromatic rings. The van der Waals surface area contributed by atoms with Crippen molar-refractivity contribution in [1.82, 2.24) is 9.78 Å². The normalized spacial score (nSPS) is 13.4. The number of hydrogen-bond donors (Lipinski definition) is 1. The third kappa shape index (κ3) is 3.53. The molecule has 114 valence electrons. The van der Waals surface area contributed by atoms with Crippen LogP contribution in [0.2, 0.25) is 0 Å². The highest BCUT2D eigenvalue weighted by atomic mass is 79.9. The monoisotopic (exact) mass is 371 g/mol. The minimum atomic E-state index is -3.18. The first-order chi connectivity index (χ1) is 9.70. The maximum Gasteiger partial charge on any atom is 0.175 e. The highest BCUT2D eigenvalue weighted by Gasteiger charge is 2.16. The molecule has 2 rings (SSSR count). The first-order valence-electron chi connectivity index (χ1n) is 6.43. The predicted molar refractivity (Wildman–Crippen MR) is 85.8 cm³/mol. The van der Waals surface area contributed by atoms with Gasteiger partial charge in [-0.25, -0.2) is 8.42 Å². The van der Waals surface area contributed by atoms with Crippen molar-refractivity contribution in [2.45, 2.75) is 24.3 Å². The Balaban J connectivity index is 2.23. The lowest BCUT2D eigenvalue weighted by Gasteiger charge is -2.13. The van der Waals surface area contributed by atoms with Crippen LogP contribution in [0.25, 0.3) is 0 Å². The van der Waals surface area contributed by atoms with E-state index in [9.17, 15) is 8.42 Å². The van der Waals surface area contributed by atoms with Crippen LogP contribution in [0.15, 0.2) is 33.6 Å². The molecule has 0 bridgehead atoms. The van der Waals surface area contributed by atoms with Crippen molar-refractivity contribution in [3.05, 3.63) is 45.7 Å². The number of rotatable bonds is 4. The Kier molecular flexibility index (Phi) is 4.55. The number of hydrogen-bond acceptors (Lipinski definition) is 4. The third-order valence-electron chi connectivity index (χ3n) is 3.41. The molecule has 0 spiro atoms. The summed E-state index contributed by atoms with van der Waals surface area (Å²) >= 11 is 3.52. The molecule has 0 aliphatic rings. The molecule has 0 aliphatic carbocycles. The standard InChI is InChI=1S/C14H18BrN3O2S/c1-9-14(15)13(18(2)17-9)8-12(16)10-4-6-11(7-5-10)21(3,19)20/h4-7,12H,8,16H2,1-3H3. The molecule has 0 saturated heterocycles. The summed E-state index contributed by atoms with van der Waals surface area (Å²) in [7, 11) is -1.30. The van der Waals surface area contributed by atoms with Crippen LogP contribution in [0.5, 0.6) is 0 Å². The van der Waals surface area contributed by atoms with Crippen molar-refractivity contribution in [1.29, 1.82) is 0 Å². The maximum atomic E-state index is 11.4. The Labute approximate surface area is 133 Å². The lowest BCUT2D eigenvalue weighted by Crippen LogP contribution is -2.16. The van der Waals surface area contributed by atoms with E-state index >= 15 is 0 Å². The highest BCUT2D eigenvalue weighted by Crippen LogP contribution is 2.25. The lowest BCUT2D eigenvalue weighted by atomic mass is 10.0. The van der Waals surface area contributed by atoms with Crippen molar-refractivity contribution >= 4 is 25.8 Å². The van der Waals surface area contributed by atoms with E-state index in [1.165, 1.54) is 6.26 Å². The van der Waals surface area contributed by atoms with Crippen LogP contribution in [-0.4, -0.2) is 24.5 Å². The predicted octanol–water partition coefficient (Wildman–Crippen LogP) is 2.14. The molecule has 21 heavy (non-hydrogen) atoms. The molecular formula is C14H18BrN3O2S. The number of aryl methyl sites for hydroxylation is 2. The van der Waals surface area contributed by atoms with Crippen molar-refractivity contribution in [2.75, 3.05) is 6.26 Å². The van der Waals surface area contributed by atoms with Crippen molar-refractivity contribution < 1.29 is 8.42 Å². The maximum absolute atomic E-state index is 11.4. The zero-order valence-electron chi connectivity index (χ0n) is 12.2. The van der Waals surface area contributed by atoms with Gasteiger partial charge in [0.15, 0.2) is 9.84 Å². The molecule has 7 heteroatoms. The van der Waals surface area contributed by atoms with Crippen molar-refractivity contribution in [2.24, 2.45) is 12.8 Å². The molecule has 1 unspecified atom stereocenters. The van der Waals surface area contributed by atoms with E-state index in [1.807, 2.05) is 18.7 Å². The van der Waals surface area contributed by atoms with Crippen LogP contribution in [-0.2, 0) is 23.3 Å². The highest BCUT2D eigenvalue weighted by molar-refractivity contribution is 9.10. The second-order valence-electron chi connectivity index (χ2n) is 5.12. The van der Waals surface area contributed by atoms with Crippen LogP contribution in [0.4, 0.5) is 0 Å². The van der Waals surface area contributed by atoms with Gasteiger partial charge in [-0.15, -0.1) is 0 Å². The van der Waals surface area contributed by atoms with Gasteiger partial charge in [-0.2, -0.15) is 5.10 Å². The lowest BCUT2D eigenvalue weighted by molar-refractivity contribution is 0.601. The number of aromatic nitrogens is 2. The van der Waals surface area contributed by atoms with Gasteiger partial charge in [0.05, 0.1) is 20.8 Å². The molecule has 1 aromatic carbocycles. The van der Waals surface area contributed by atoms with Gasteiger partial charge in [0.1, 0.15) is 0 Å². The number of nitrogens with two attached hydrogens (primary N) is 1. The molecule has 5 nitrogen and oxygen atoms in total. The SMILES string of the molecule is Cc1nn(C)c(CC(N)c2ccc(S(C)(=O)=O)cc2)c1Br. The van der Waals surface area contributed by atoms with Gasteiger partial charge >= 0.3 is 0 Å². The fraction of sp³-hybridized carbons (Fsp3) is 0.357. The average molecular weight is 372 g/mol. The molecular weight excluding hydrogens is 354 g/mol. The number of halogens is 1. The van der Waals surface area contributed by atoms with Gasteiger partial charge in [-0.3, -0.25) is 4.68 Å². The fourth-order valence-electron chi connectivity index (χ4n) is 2.19.